The van der Waals surface area contributed by atoms with Crippen molar-refractivity contribution in [2.24, 2.45) is 0 Å². The van der Waals surface area contributed by atoms with Gasteiger partial charge in [-0.2, -0.15) is 5.26 Å². The van der Waals surface area contributed by atoms with Crippen LogP contribution in [0.5, 0.6) is 0 Å². The lowest BCUT2D eigenvalue weighted by Crippen LogP contribution is -2.51. The number of benzene rings is 1. The number of nitrogens with zero attached hydrogens (tertiary/aromatic N) is 4. The Morgan fingerprint density at radius 1 is 1.36 bits per heavy atom. The van der Waals surface area contributed by atoms with Crippen molar-refractivity contribution in [3.05, 3.63) is 33.4 Å². The summed E-state index contributed by atoms with van der Waals surface area (Å²) >= 11 is 0. The molecule has 2 heterocycles. The Kier molecular flexibility index (Phi) is 4.86. The molecule has 3 rings (SSSR count). The molecule has 1 aromatic carbocycles. The van der Waals surface area contributed by atoms with Gasteiger partial charge in [0, 0.05) is 44.5 Å². The highest BCUT2D eigenvalue weighted by molar-refractivity contribution is 5.81. The number of anilines is 1. The fraction of sp³-hybridized carbons (Fsp3) is 0.529. The molecule has 0 bridgehead atoms. The number of carbonyl (C=O) groups excluding carboxylic acids is 1. The summed E-state index contributed by atoms with van der Waals surface area (Å²) in [4.78, 5) is 27.0. The van der Waals surface area contributed by atoms with E-state index in [0.29, 0.717) is 44.0 Å². The van der Waals surface area contributed by atoms with Crippen LogP contribution in [-0.4, -0.2) is 54.6 Å². The van der Waals surface area contributed by atoms with E-state index in [9.17, 15) is 14.9 Å². The Bertz CT molecular complexity index is 729. The molecule has 132 valence electrons. The Labute approximate surface area is 145 Å². The first-order valence-electron chi connectivity index (χ1n) is 8.35. The predicted molar refractivity (Wildman–Crippen MR) is 90.3 cm³/mol. The Hall–Kier alpha value is -2.66. The summed E-state index contributed by atoms with van der Waals surface area (Å²) in [6, 6.07) is 4.96. The number of carbonyl (C=O) groups is 1. The highest BCUT2D eigenvalue weighted by Crippen LogP contribution is 2.31. The van der Waals surface area contributed by atoms with Gasteiger partial charge < -0.3 is 14.5 Å². The molecule has 0 unspecified atom stereocenters. The number of piperazine rings is 1. The van der Waals surface area contributed by atoms with E-state index >= 15 is 0 Å². The molecule has 1 atom stereocenters. The zero-order chi connectivity index (χ0) is 18.0. The average molecular weight is 344 g/mol. The lowest BCUT2D eigenvalue weighted by molar-refractivity contribution is -0.385. The molecule has 2 saturated heterocycles. The average Bonchev–Trinajstić information content (AvgIpc) is 3.16. The molecule has 0 aliphatic carbocycles. The minimum absolute atomic E-state index is 0.0330. The molecule has 0 saturated carbocycles. The van der Waals surface area contributed by atoms with Gasteiger partial charge in [0.2, 0.25) is 0 Å². The number of nitro groups is 1. The first kappa shape index (κ1) is 17.2. The summed E-state index contributed by atoms with van der Waals surface area (Å²) in [6.45, 7) is 4.57. The molecular formula is C17H20N4O4. The second kappa shape index (κ2) is 7.07. The van der Waals surface area contributed by atoms with E-state index < -0.39 is 4.92 Å². The first-order chi connectivity index (χ1) is 12.0. The Morgan fingerprint density at radius 2 is 2.08 bits per heavy atom. The van der Waals surface area contributed by atoms with E-state index in [1.807, 2.05) is 11.0 Å². The largest absolute Gasteiger partial charge is 0.368 e. The third-order valence-corrected chi connectivity index (χ3v) is 4.82. The highest BCUT2D eigenvalue weighted by atomic mass is 16.6. The van der Waals surface area contributed by atoms with Crippen LogP contribution in [0.25, 0.3) is 0 Å². The van der Waals surface area contributed by atoms with Crippen LogP contribution in [0, 0.1) is 28.4 Å². The first-order valence-corrected chi connectivity index (χ1v) is 8.35. The third-order valence-electron chi connectivity index (χ3n) is 4.82. The number of rotatable bonds is 3. The minimum Gasteiger partial charge on any atom is -0.368 e. The fourth-order valence-corrected chi connectivity index (χ4v) is 3.41. The van der Waals surface area contributed by atoms with E-state index in [1.165, 1.54) is 6.07 Å². The number of nitro benzene ring substituents is 1. The quantitative estimate of drug-likeness (QED) is 0.610. The van der Waals surface area contributed by atoms with E-state index in [2.05, 4.69) is 0 Å². The van der Waals surface area contributed by atoms with Crippen LogP contribution in [0.2, 0.25) is 0 Å². The predicted octanol–water partition coefficient (Wildman–Crippen LogP) is 1.60. The number of ether oxygens (including phenoxy) is 1. The van der Waals surface area contributed by atoms with E-state index in [-0.39, 0.29) is 23.3 Å². The molecule has 2 aliphatic rings. The molecule has 2 aliphatic heterocycles. The third kappa shape index (κ3) is 3.42. The minimum atomic E-state index is -0.461. The monoisotopic (exact) mass is 344 g/mol. The summed E-state index contributed by atoms with van der Waals surface area (Å²) in [7, 11) is 0. The topological polar surface area (TPSA) is 99.7 Å². The molecule has 8 nitrogen and oxygen atoms in total. The maximum absolute atomic E-state index is 12.4. The number of hydrogen-bond donors (Lipinski definition) is 0. The van der Waals surface area contributed by atoms with Gasteiger partial charge >= 0.3 is 0 Å². The SMILES string of the molecule is Cc1c(N2CCN(C(=O)[C@@H]3CCCO3)CC2)cc(C#N)cc1[N+](=O)[O-]. The summed E-state index contributed by atoms with van der Waals surface area (Å²) in [5, 5.41) is 20.4. The molecule has 0 aromatic heterocycles. The fourth-order valence-electron chi connectivity index (χ4n) is 3.41. The maximum atomic E-state index is 12.4. The van der Waals surface area contributed by atoms with Crippen molar-refractivity contribution in [1.29, 1.82) is 5.26 Å². The molecule has 1 amide bonds. The van der Waals surface area contributed by atoms with Crippen LogP contribution in [0.4, 0.5) is 11.4 Å². The number of amides is 1. The van der Waals surface area contributed by atoms with E-state index in [4.69, 9.17) is 10.00 Å². The van der Waals surface area contributed by atoms with Crippen molar-refractivity contribution in [1.82, 2.24) is 4.90 Å². The van der Waals surface area contributed by atoms with Crippen molar-refractivity contribution in [2.45, 2.75) is 25.9 Å². The summed E-state index contributed by atoms with van der Waals surface area (Å²) < 4.78 is 5.46. The van der Waals surface area contributed by atoms with Crippen LogP contribution >= 0.6 is 0 Å². The zero-order valence-corrected chi connectivity index (χ0v) is 14.1. The highest BCUT2D eigenvalue weighted by Gasteiger charge is 2.31. The Balaban J connectivity index is 1.74. The van der Waals surface area contributed by atoms with Crippen LogP contribution < -0.4 is 4.90 Å². The number of nitriles is 1. The molecule has 25 heavy (non-hydrogen) atoms. The van der Waals surface area contributed by atoms with Gasteiger partial charge in [0.1, 0.15) is 6.10 Å². The van der Waals surface area contributed by atoms with Gasteiger partial charge in [0.25, 0.3) is 11.6 Å². The lowest BCUT2D eigenvalue weighted by Gasteiger charge is -2.37. The van der Waals surface area contributed by atoms with Gasteiger partial charge in [-0.15, -0.1) is 0 Å². The van der Waals surface area contributed by atoms with E-state index in [0.717, 1.165) is 12.8 Å². The van der Waals surface area contributed by atoms with Gasteiger partial charge in [-0.3, -0.25) is 14.9 Å². The van der Waals surface area contributed by atoms with E-state index in [1.54, 1.807) is 17.9 Å². The lowest BCUT2D eigenvalue weighted by atomic mass is 10.1. The molecule has 0 radical (unpaired) electrons. The van der Waals surface area contributed by atoms with Crippen LogP contribution in [0.1, 0.15) is 24.0 Å². The standard InChI is InChI=1S/C17H20N4O4/c1-12-14(9-13(11-18)10-15(12)21(23)24)19-4-6-20(7-5-19)17(22)16-3-2-8-25-16/h9-10,16H,2-8H2,1H3/t16-/m0/s1. The van der Waals surface area contributed by atoms with Crippen LogP contribution in [-0.2, 0) is 9.53 Å². The molecule has 0 N–H and O–H groups in total. The molecule has 1 aromatic rings. The summed E-state index contributed by atoms with van der Waals surface area (Å²) in [5.74, 6) is 0.0330. The normalized spacial score (nSPS) is 20.4. The molecule has 8 heteroatoms. The van der Waals surface area contributed by atoms with Gasteiger partial charge in [-0.1, -0.05) is 0 Å². The van der Waals surface area contributed by atoms with Crippen molar-refractivity contribution in [2.75, 3.05) is 37.7 Å². The summed E-state index contributed by atoms with van der Waals surface area (Å²) in [6.07, 6.45) is 1.37. The molecule has 0 spiro atoms. The Morgan fingerprint density at radius 3 is 2.64 bits per heavy atom. The summed E-state index contributed by atoms with van der Waals surface area (Å²) in [5.41, 5.74) is 1.45. The second-order valence-electron chi connectivity index (χ2n) is 6.32. The number of hydrogen-bond acceptors (Lipinski definition) is 6. The van der Waals surface area contributed by atoms with Crippen LogP contribution in [0.15, 0.2) is 12.1 Å². The smallest absolute Gasteiger partial charge is 0.275 e. The van der Waals surface area contributed by atoms with Gasteiger partial charge in [-0.25, -0.2) is 0 Å². The van der Waals surface area contributed by atoms with Crippen molar-refractivity contribution in [3.8, 4) is 6.07 Å². The van der Waals surface area contributed by atoms with Gasteiger partial charge in [0.05, 0.1) is 22.1 Å². The molecule has 2 fully saturated rings. The van der Waals surface area contributed by atoms with Crippen molar-refractivity contribution in [3.63, 3.8) is 0 Å². The van der Waals surface area contributed by atoms with Crippen molar-refractivity contribution < 1.29 is 14.5 Å². The molecular weight excluding hydrogens is 324 g/mol. The zero-order valence-electron chi connectivity index (χ0n) is 14.1. The van der Waals surface area contributed by atoms with Crippen molar-refractivity contribution >= 4 is 17.3 Å². The maximum Gasteiger partial charge on any atom is 0.275 e. The van der Waals surface area contributed by atoms with Crippen LogP contribution in [0.3, 0.4) is 0 Å². The van der Waals surface area contributed by atoms with Gasteiger partial charge in [-0.05, 0) is 25.8 Å². The van der Waals surface area contributed by atoms with Gasteiger partial charge in [0.15, 0.2) is 0 Å². The second-order valence-corrected chi connectivity index (χ2v) is 6.32.